The number of aromatic nitrogens is 4. The molecule has 1 unspecified atom stereocenters. The highest BCUT2D eigenvalue weighted by atomic mass is 32.2. The molecule has 1 aliphatic carbocycles. The first-order valence-electron chi connectivity index (χ1n) is 11.5. The van der Waals surface area contributed by atoms with Crippen molar-refractivity contribution in [1.29, 1.82) is 0 Å². The normalized spacial score (nSPS) is 22.3. The van der Waals surface area contributed by atoms with Gasteiger partial charge in [-0.25, -0.2) is 9.97 Å². The van der Waals surface area contributed by atoms with E-state index >= 15 is 0 Å². The molecule has 10 heteroatoms. The summed E-state index contributed by atoms with van der Waals surface area (Å²) in [4.78, 5) is 23.5. The van der Waals surface area contributed by atoms with Gasteiger partial charge in [-0.15, -0.1) is 6.42 Å². The minimum atomic E-state index is -1.17. The number of terminal acetylenes is 1. The standard InChI is InChI=1S/C23H29N7O2S/c1-3-16-13-24-19(25-14-16)17-5-9-30(10-6-17)22-26-20(28-23(15-31)7-4-8-23)18-21(27-22)29(2)11-12-33(18)32/h1,13-14,17,31H,4-12,15H2,2H3,(H,26,27,28). The molecule has 9 nitrogen and oxygen atoms in total. The maximum atomic E-state index is 12.9. The highest BCUT2D eigenvalue weighted by Crippen LogP contribution is 2.40. The van der Waals surface area contributed by atoms with Crippen molar-refractivity contribution in [2.75, 3.05) is 54.2 Å². The average Bonchev–Trinajstić information content (AvgIpc) is 2.83. The van der Waals surface area contributed by atoms with Gasteiger partial charge in [-0.1, -0.05) is 5.92 Å². The van der Waals surface area contributed by atoms with E-state index in [2.05, 4.69) is 26.1 Å². The van der Waals surface area contributed by atoms with Gasteiger partial charge in [0.1, 0.15) is 10.7 Å². The predicted molar refractivity (Wildman–Crippen MR) is 128 cm³/mol. The highest BCUT2D eigenvalue weighted by Gasteiger charge is 2.39. The second-order valence-corrected chi connectivity index (χ2v) is 10.7. The summed E-state index contributed by atoms with van der Waals surface area (Å²) >= 11 is 0. The van der Waals surface area contributed by atoms with Crippen molar-refractivity contribution in [3.05, 3.63) is 23.8 Å². The first-order chi connectivity index (χ1) is 16.0. The third kappa shape index (κ3) is 4.15. The van der Waals surface area contributed by atoms with Gasteiger partial charge in [0.15, 0.2) is 11.6 Å². The Hall–Kier alpha value is -2.77. The summed E-state index contributed by atoms with van der Waals surface area (Å²) in [5.74, 6) is 6.16. The lowest BCUT2D eigenvalue weighted by Crippen LogP contribution is -2.49. The highest BCUT2D eigenvalue weighted by molar-refractivity contribution is 7.85. The maximum Gasteiger partial charge on any atom is 0.229 e. The first kappa shape index (κ1) is 22.0. The van der Waals surface area contributed by atoms with Crippen molar-refractivity contribution in [2.24, 2.45) is 0 Å². The number of hydrogen-bond donors (Lipinski definition) is 2. The van der Waals surface area contributed by atoms with E-state index in [1.54, 1.807) is 12.4 Å². The molecule has 174 valence electrons. The maximum absolute atomic E-state index is 12.9. The lowest BCUT2D eigenvalue weighted by atomic mass is 9.77. The fraction of sp³-hybridized carbons (Fsp3) is 0.565. The summed E-state index contributed by atoms with van der Waals surface area (Å²) < 4.78 is 12.9. The number of fused-ring (bicyclic) bond motifs is 1. The Morgan fingerprint density at radius 2 is 1.97 bits per heavy atom. The zero-order valence-corrected chi connectivity index (χ0v) is 19.6. The van der Waals surface area contributed by atoms with Gasteiger partial charge in [-0.2, -0.15) is 9.97 Å². The third-order valence-electron chi connectivity index (χ3n) is 7.02. The minimum absolute atomic E-state index is 0.0352. The van der Waals surface area contributed by atoms with Gasteiger partial charge in [0.05, 0.1) is 28.5 Å². The largest absolute Gasteiger partial charge is 0.394 e. The van der Waals surface area contributed by atoms with E-state index < -0.39 is 10.8 Å². The van der Waals surface area contributed by atoms with E-state index in [9.17, 15) is 9.32 Å². The van der Waals surface area contributed by atoms with Gasteiger partial charge in [0.25, 0.3) is 0 Å². The summed E-state index contributed by atoms with van der Waals surface area (Å²) in [5.41, 5.74) is 0.307. The van der Waals surface area contributed by atoms with Crippen molar-refractivity contribution in [2.45, 2.75) is 48.5 Å². The van der Waals surface area contributed by atoms with Crippen LogP contribution in [0.3, 0.4) is 0 Å². The molecule has 0 radical (unpaired) electrons. The van der Waals surface area contributed by atoms with E-state index in [0.717, 1.165) is 56.8 Å². The molecular formula is C23H29N7O2S. The zero-order valence-electron chi connectivity index (χ0n) is 18.8. The molecule has 2 aromatic heterocycles. The second-order valence-electron chi connectivity index (χ2n) is 9.15. The second kappa shape index (κ2) is 8.88. The molecule has 1 saturated heterocycles. The van der Waals surface area contributed by atoms with E-state index in [0.29, 0.717) is 34.5 Å². The number of aliphatic hydroxyl groups is 1. The Morgan fingerprint density at radius 1 is 1.24 bits per heavy atom. The van der Waals surface area contributed by atoms with Crippen LogP contribution in [0.2, 0.25) is 0 Å². The summed E-state index contributed by atoms with van der Waals surface area (Å²) in [5, 5.41) is 13.4. The summed E-state index contributed by atoms with van der Waals surface area (Å²) in [7, 11) is 0.808. The number of hydrogen-bond acceptors (Lipinski definition) is 9. The van der Waals surface area contributed by atoms with Gasteiger partial charge in [0.2, 0.25) is 5.95 Å². The molecule has 0 spiro atoms. The Kier molecular flexibility index (Phi) is 5.93. The quantitative estimate of drug-likeness (QED) is 0.633. The van der Waals surface area contributed by atoms with Crippen LogP contribution in [0, 0.1) is 12.3 Å². The molecule has 5 rings (SSSR count). The molecule has 0 bridgehead atoms. The van der Waals surface area contributed by atoms with Crippen LogP contribution in [0.1, 0.15) is 49.4 Å². The monoisotopic (exact) mass is 467 g/mol. The van der Waals surface area contributed by atoms with Crippen molar-refractivity contribution in [3.63, 3.8) is 0 Å². The van der Waals surface area contributed by atoms with E-state index in [4.69, 9.17) is 16.4 Å². The van der Waals surface area contributed by atoms with Crippen molar-refractivity contribution >= 4 is 28.4 Å². The van der Waals surface area contributed by atoms with Gasteiger partial charge in [-0.05, 0) is 32.1 Å². The number of nitrogens with zero attached hydrogens (tertiary/aromatic N) is 6. The van der Waals surface area contributed by atoms with Crippen LogP contribution < -0.4 is 15.1 Å². The lowest BCUT2D eigenvalue weighted by molar-refractivity contribution is 0.143. The summed E-state index contributed by atoms with van der Waals surface area (Å²) in [6.07, 6.45) is 13.4. The number of rotatable bonds is 5. The summed E-state index contributed by atoms with van der Waals surface area (Å²) in [6.45, 7) is 2.28. The molecule has 1 saturated carbocycles. The van der Waals surface area contributed by atoms with Crippen molar-refractivity contribution < 1.29 is 9.32 Å². The van der Waals surface area contributed by atoms with Crippen LogP contribution >= 0.6 is 0 Å². The Labute approximate surface area is 196 Å². The number of anilines is 3. The van der Waals surface area contributed by atoms with Crippen LogP contribution in [-0.2, 0) is 10.8 Å². The third-order valence-corrected chi connectivity index (χ3v) is 8.40. The average molecular weight is 468 g/mol. The molecule has 0 amide bonds. The van der Waals surface area contributed by atoms with Gasteiger partial charge in [0, 0.05) is 50.7 Å². The Bertz CT molecular complexity index is 1080. The minimum Gasteiger partial charge on any atom is -0.394 e. The molecule has 4 heterocycles. The Balaban J connectivity index is 1.40. The molecule has 3 aliphatic rings. The van der Waals surface area contributed by atoms with E-state index in [-0.39, 0.29) is 18.1 Å². The number of nitrogens with one attached hydrogen (secondary N) is 1. The zero-order chi connectivity index (χ0) is 23.0. The smallest absolute Gasteiger partial charge is 0.229 e. The molecule has 2 N–H and O–H groups in total. The van der Waals surface area contributed by atoms with Gasteiger partial charge >= 0.3 is 0 Å². The van der Waals surface area contributed by atoms with E-state index in [1.165, 1.54) is 0 Å². The molecule has 2 aromatic rings. The van der Waals surface area contributed by atoms with Crippen LogP contribution in [0.5, 0.6) is 0 Å². The molecule has 1 atom stereocenters. The van der Waals surface area contributed by atoms with E-state index in [1.807, 2.05) is 11.9 Å². The topological polar surface area (TPSA) is 107 Å². The summed E-state index contributed by atoms with van der Waals surface area (Å²) in [6, 6.07) is 0. The van der Waals surface area contributed by atoms with Crippen LogP contribution in [0.4, 0.5) is 17.6 Å². The molecule has 2 fully saturated rings. The van der Waals surface area contributed by atoms with Crippen molar-refractivity contribution in [1.82, 2.24) is 19.9 Å². The van der Waals surface area contributed by atoms with Crippen LogP contribution in [-0.4, -0.2) is 73.8 Å². The van der Waals surface area contributed by atoms with Crippen LogP contribution in [0.15, 0.2) is 17.3 Å². The molecule has 2 aliphatic heterocycles. The molecule has 33 heavy (non-hydrogen) atoms. The Morgan fingerprint density at radius 3 is 2.58 bits per heavy atom. The number of piperidine rings is 1. The van der Waals surface area contributed by atoms with Gasteiger partial charge in [-0.3, -0.25) is 4.21 Å². The van der Waals surface area contributed by atoms with Gasteiger partial charge < -0.3 is 20.2 Å². The van der Waals surface area contributed by atoms with Crippen LogP contribution in [0.25, 0.3) is 0 Å². The lowest BCUT2D eigenvalue weighted by Gasteiger charge is -2.42. The fourth-order valence-corrected chi connectivity index (χ4v) is 6.05. The molecular weight excluding hydrogens is 438 g/mol. The SMILES string of the molecule is C#Cc1cnc(C2CCN(c3nc(NC4(CO)CCC4)c4c(n3)N(C)CCS4=O)CC2)nc1. The van der Waals surface area contributed by atoms with Crippen molar-refractivity contribution in [3.8, 4) is 12.3 Å². The first-order valence-corrected chi connectivity index (χ1v) is 12.8. The number of aliphatic hydroxyl groups excluding tert-OH is 1. The molecule has 0 aromatic carbocycles. The predicted octanol–water partition coefficient (Wildman–Crippen LogP) is 1.52. The fourth-order valence-electron chi connectivity index (χ4n) is 4.69.